The zero-order valence-electron chi connectivity index (χ0n) is 6.88. The van der Waals surface area contributed by atoms with E-state index >= 15 is 0 Å². The monoisotopic (exact) mass is 153 g/mol. The molecule has 2 rings (SSSR count). The Kier molecular flexibility index (Phi) is 2.24. The third kappa shape index (κ3) is 1.82. The third-order valence-corrected chi connectivity index (χ3v) is 2.36. The summed E-state index contributed by atoms with van der Waals surface area (Å²) >= 11 is 0. The quantitative estimate of drug-likeness (QED) is 0.550. The lowest BCUT2D eigenvalue weighted by Crippen LogP contribution is -2.39. The van der Waals surface area contributed by atoms with Gasteiger partial charge in [0.1, 0.15) is 0 Å². The van der Waals surface area contributed by atoms with Gasteiger partial charge in [-0.2, -0.15) is 0 Å². The molecule has 62 valence electrons. The van der Waals surface area contributed by atoms with E-state index < -0.39 is 0 Å². The van der Waals surface area contributed by atoms with Crippen molar-refractivity contribution in [3.63, 3.8) is 0 Å². The van der Waals surface area contributed by atoms with Gasteiger partial charge >= 0.3 is 0 Å². The van der Waals surface area contributed by atoms with Gasteiger partial charge in [-0.25, -0.2) is 0 Å². The van der Waals surface area contributed by atoms with Crippen LogP contribution in [0.1, 0.15) is 12.8 Å². The Morgan fingerprint density at radius 3 is 2.91 bits per heavy atom. The van der Waals surface area contributed by atoms with Crippen molar-refractivity contribution in [3.05, 3.63) is 11.6 Å². The highest BCUT2D eigenvalue weighted by molar-refractivity contribution is 5.07. The van der Waals surface area contributed by atoms with Crippen LogP contribution >= 0.6 is 0 Å². The van der Waals surface area contributed by atoms with E-state index in [0.717, 1.165) is 26.2 Å². The lowest BCUT2D eigenvalue weighted by molar-refractivity contribution is 0.131. The molecule has 2 aliphatic rings. The topological polar surface area (TPSA) is 12.5 Å². The van der Waals surface area contributed by atoms with Gasteiger partial charge in [-0.15, -0.1) is 0 Å². The Balaban J connectivity index is 1.79. The number of ether oxygens (including phenoxy) is 1. The minimum Gasteiger partial charge on any atom is -0.377 e. The van der Waals surface area contributed by atoms with Crippen molar-refractivity contribution >= 4 is 0 Å². The summed E-state index contributed by atoms with van der Waals surface area (Å²) in [6.45, 7) is 5.52. The van der Waals surface area contributed by atoms with Crippen LogP contribution in [-0.2, 0) is 4.74 Å². The lowest BCUT2D eigenvalue weighted by atomic mass is 10.1. The fourth-order valence-corrected chi connectivity index (χ4v) is 1.55. The molecule has 0 radical (unpaired) electrons. The zero-order chi connectivity index (χ0) is 7.52. The Morgan fingerprint density at radius 1 is 1.45 bits per heavy atom. The molecule has 2 heterocycles. The van der Waals surface area contributed by atoms with Crippen LogP contribution in [0.25, 0.3) is 0 Å². The van der Waals surface area contributed by atoms with E-state index in [4.69, 9.17) is 4.74 Å². The SMILES string of the molecule is C1=C(CN2CCC2)COCC1. The first-order chi connectivity index (χ1) is 5.45. The predicted octanol–water partition coefficient (Wildman–Crippen LogP) is 1.04. The Hall–Kier alpha value is -0.340. The van der Waals surface area contributed by atoms with Crippen molar-refractivity contribution in [2.24, 2.45) is 0 Å². The molecule has 0 amide bonds. The summed E-state index contributed by atoms with van der Waals surface area (Å²) in [5.41, 5.74) is 1.48. The van der Waals surface area contributed by atoms with E-state index in [-0.39, 0.29) is 0 Å². The van der Waals surface area contributed by atoms with E-state index in [1.807, 2.05) is 0 Å². The molecule has 0 saturated carbocycles. The Morgan fingerprint density at radius 2 is 2.36 bits per heavy atom. The van der Waals surface area contributed by atoms with Crippen molar-refractivity contribution < 1.29 is 4.74 Å². The highest BCUT2D eigenvalue weighted by Crippen LogP contribution is 2.12. The van der Waals surface area contributed by atoms with Crippen molar-refractivity contribution in [1.29, 1.82) is 0 Å². The maximum Gasteiger partial charge on any atom is 0.0689 e. The molecule has 0 aliphatic carbocycles. The van der Waals surface area contributed by atoms with Crippen LogP contribution in [0.5, 0.6) is 0 Å². The molecule has 2 heteroatoms. The molecular formula is C9H15NO. The van der Waals surface area contributed by atoms with E-state index in [1.165, 1.54) is 25.1 Å². The molecule has 2 nitrogen and oxygen atoms in total. The summed E-state index contributed by atoms with van der Waals surface area (Å²) in [5.74, 6) is 0. The van der Waals surface area contributed by atoms with Crippen LogP contribution in [0.15, 0.2) is 11.6 Å². The number of hydrogen-bond donors (Lipinski definition) is 0. The van der Waals surface area contributed by atoms with Gasteiger partial charge in [0.25, 0.3) is 0 Å². The average molecular weight is 153 g/mol. The molecular weight excluding hydrogens is 138 g/mol. The van der Waals surface area contributed by atoms with E-state index in [2.05, 4.69) is 11.0 Å². The van der Waals surface area contributed by atoms with Crippen molar-refractivity contribution in [2.45, 2.75) is 12.8 Å². The summed E-state index contributed by atoms with van der Waals surface area (Å²) in [4.78, 5) is 2.47. The largest absolute Gasteiger partial charge is 0.377 e. The van der Waals surface area contributed by atoms with Crippen LogP contribution in [0, 0.1) is 0 Å². The summed E-state index contributed by atoms with van der Waals surface area (Å²) < 4.78 is 5.36. The molecule has 0 bridgehead atoms. The molecule has 1 fully saturated rings. The van der Waals surface area contributed by atoms with Gasteiger partial charge in [-0.1, -0.05) is 6.08 Å². The molecule has 1 saturated heterocycles. The van der Waals surface area contributed by atoms with E-state index in [0.29, 0.717) is 0 Å². The maximum atomic E-state index is 5.36. The molecule has 2 aliphatic heterocycles. The molecule has 0 aromatic carbocycles. The minimum atomic E-state index is 0.872. The fraction of sp³-hybridized carbons (Fsp3) is 0.778. The Labute approximate surface area is 67.8 Å². The number of nitrogens with zero attached hydrogens (tertiary/aromatic N) is 1. The number of likely N-dealkylation sites (tertiary alicyclic amines) is 1. The average Bonchev–Trinajstić information content (AvgIpc) is 1.99. The zero-order valence-corrected chi connectivity index (χ0v) is 6.88. The molecule has 0 N–H and O–H groups in total. The predicted molar refractivity (Wildman–Crippen MR) is 44.6 cm³/mol. The second-order valence-electron chi connectivity index (χ2n) is 3.33. The van der Waals surface area contributed by atoms with Crippen LogP contribution in [-0.4, -0.2) is 37.7 Å². The third-order valence-electron chi connectivity index (χ3n) is 2.36. The first kappa shape index (κ1) is 7.32. The van der Waals surface area contributed by atoms with Crippen molar-refractivity contribution in [2.75, 3.05) is 32.8 Å². The fourth-order valence-electron chi connectivity index (χ4n) is 1.55. The first-order valence-electron chi connectivity index (χ1n) is 4.43. The van der Waals surface area contributed by atoms with Gasteiger partial charge in [0, 0.05) is 6.54 Å². The minimum absolute atomic E-state index is 0.872. The molecule has 0 spiro atoms. The molecule has 0 aromatic heterocycles. The number of hydrogen-bond acceptors (Lipinski definition) is 2. The van der Waals surface area contributed by atoms with Crippen molar-refractivity contribution in [3.8, 4) is 0 Å². The summed E-state index contributed by atoms with van der Waals surface area (Å²) in [6.07, 6.45) is 4.83. The van der Waals surface area contributed by atoms with Gasteiger partial charge < -0.3 is 4.74 Å². The smallest absolute Gasteiger partial charge is 0.0689 e. The molecule has 11 heavy (non-hydrogen) atoms. The highest BCUT2D eigenvalue weighted by atomic mass is 16.5. The molecule has 0 aromatic rings. The van der Waals surface area contributed by atoms with E-state index in [9.17, 15) is 0 Å². The molecule has 0 atom stereocenters. The van der Waals surface area contributed by atoms with Crippen LogP contribution in [0.4, 0.5) is 0 Å². The van der Waals surface area contributed by atoms with Gasteiger partial charge in [0.2, 0.25) is 0 Å². The lowest BCUT2D eigenvalue weighted by Gasteiger charge is -2.32. The van der Waals surface area contributed by atoms with E-state index in [1.54, 1.807) is 0 Å². The second kappa shape index (κ2) is 3.37. The summed E-state index contributed by atoms with van der Waals surface area (Å²) in [5, 5.41) is 0. The van der Waals surface area contributed by atoms with Gasteiger partial charge in [0.15, 0.2) is 0 Å². The molecule has 0 unspecified atom stereocenters. The standard InChI is InChI=1S/C9H15NO/c1-3-9(8-11-6-1)7-10-4-2-5-10/h3H,1-2,4-8H2. The Bertz CT molecular complexity index is 161. The van der Waals surface area contributed by atoms with Gasteiger partial charge in [-0.3, -0.25) is 4.90 Å². The van der Waals surface area contributed by atoms with Crippen LogP contribution in [0.2, 0.25) is 0 Å². The highest BCUT2D eigenvalue weighted by Gasteiger charge is 2.15. The normalized spacial score (nSPS) is 26.0. The summed E-state index contributed by atoms with van der Waals surface area (Å²) in [6, 6.07) is 0. The van der Waals surface area contributed by atoms with Gasteiger partial charge in [-0.05, 0) is 31.5 Å². The van der Waals surface area contributed by atoms with Crippen LogP contribution in [0.3, 0.4) is 0 Å². The first-order valence-corrected chi connectivity index (χ1v) is 4.43. The van der Waals surface area contributed by atoms with Gasteiger partial charge in [0.05, 0.1) is 13.2 Å². The van der Waals surface area contributed by atoms with Crippen molar-refractivity contribution in [1.82, 2.24) is 4.90 Å². The summed E-state index contributed by atoms with van der Waals surface area (Å²) in [7, 11) is 0. The maximum absolute atomic E-state index is 5.36. The van der Waals surface area contributed by atoms with Crippen LogP contribution < -0.4 is 0 Å². The second-order valence-corrected chi connectivity index (χ2v) is 3.33. The number of rotatable bonds is 2.